The van der Waals surface area contributed by atoms with Gasteiger partial charge >= 0.3 is 0 Å². The Morgan fingerprint density at radius 2 is 1.59 bits per heavy atom. The van der Waals surface area contributed by atoms with Crippen LogP contribution >= 0.6 is 0 Å². The van der Waals surface area contributed by atoms with Crippen LogP contribution in [0.3, 0.4) is 0 Å². The van der Waals surface area contributed by atoms with Crippen molar-refractivity contribution >= 4 is 19.9 Å². The molecule has 104 valence electrons. The molecule has 0 amide bonds. The van der Waals surface area contributed by atoms with Crippen molar-refractivity contribution in [2.75, 3.05) is 24.4 Å². The minimum Gasteiger partial charge on any atom is -0.329 e. The van der Waals surface area contributed by atoms with Crippen LogP contribution in [0.25, 0.3) is 0 Å². The molecule has 0 aromatic carbocycles. The van der Waals surface area contributed by atoms with Crippen molar-refractivity contribution in [1.29, 1.82) is 0 Å². The first-order valence-electron chi connectivity index (χ1n) is 5.55. The molecule has 0 heterocycles. The molecule has 0 fully saturated rings. The van der Waals surface area contributed by atoms with Crippen LogP contribution in [0, 0.1) is 0 Å². The Labute approximate surface area is 104 Å². The number of hydrogen-bond acceptors (Lipinski definition) is 5. The third-order valence-corrected chi connectivity index (χ3v) is 6.52. The molecule has 0 aliphatic rings. The van der Waals surface area contributed by atoms with Gasteiger partial charge in [-0.3, -0.25) is 0 Å². The highest BCUT2D eigenvalue weighted by Gasteiger charge is 2.30. The number of nitrogens with zero attached hydrogens (tertiary/aromatic N) is 1. The van der Waals surface area contributed by atoms with E-state index in [0.29, 0.717) is 12.8 Å². The van der Waals surface area contributed by atoms with Crippen LogP contribution in [0.4, 0.5) is 0 Å². The molecule has 0 bridgehead atoms. The van der Waals surface area contributed by atoms with Gasteiger partial charge in [-0.05, 0) is 12.8 Å². The number of nitrogens with two attached hydrogens (primary N) is 1. The lowest BCUT2D eigenvalue weighted by Crippen LogP contribution is -2.44. The van der Waals surface area contributed by atoms with E-state index in [2.05, 4.69) is 0 Å². The van der Waals surface area contributed by atoms with E-state index in [0.717, 1.165) is 6.26 Å². The predicted molar refractivity (Wildman–Crippen MR) is 68.8 cm³/mol. The number of sulfonamides is 1. The molecule has 0 saturated heterocycles. The van der Waals surface area contributed by atoms with E-state index in [9.17, 15) is 16.8 Å². The van der Waals surface area contributed by atoms with Crippen molar-refractivity contribution in [1.82, 2.24) is 4.31 Å². The van der Waals surface area contributed by atoms with E-state index in [1.54, 1.807) is 0 Å². The summed E-state index contributed by atoms with van der Waals surface area (Å²) in [6.45, 7) is 4.07. The van der Waals surface area contributed by atoms with Gasteiger partial charge < -0.3 is 5.73 Å². The second-order valence-electron chi connectivity index (χ2n) is 4.03. The molecule has 0 aliphatic heterocycles. The molecule has 17 heavy (non-hydrogen) atoms. The molecular formula is C9H22N2O4S2. The van der Waals surface area contributed by atoms with E-state index in [-0.39, 0.29) is 19.1 Å². The zero-order valence-electron chi connectivity index (χ0n) is 10.6. The summed E-state index contributed by atoms with van der Waals surface area (Å²) in [5, 5.41) is -0.851. The topological polar surface area (TPSA) is 97.5 Å². The number of sulfone groups is 1. The molecule has 0 aliphatic carbocycles. The first kappa shape index (κ1) is 16.8. The minimum absolute atomic E-state index is 0.157. The molecule has 0 saturated carbocycles. The highest BCUT2D eigenvalue weighted by Crippen LogP contribution is 2.14. The second-order valence-corrected chi connectivity index (χ2v) is 8.45. The fourth-order valence-corrected chi connectivity index (χ4v) is 5.55. The molecule has 2 N–H and O–H groups in total. The van der Waals surface area contributed by atoms with Crippen molar-refractivity contribution in [3.05, 3.63) is 0 Å². The summed E-state index contributed by atoms with van der Waals surface area (Å²) in [5.41, 5.74) is 5.38. The number of hydrogen-bond donors (Lipinski definition) is 1. The van der Waals surface area contributed by atoms with E-state index in [1.165, 1.54) is 4.31 Å². The lowest BCUT2D eigenvalue weighted by atomic mass is 10.2. The van der Waals surface area contributed by atoms with Gasteiger partial charge in [0.05, 0.1) is 0 Å². The van der Waals surface area contributed by atoms with Crippen LogP contribution in [0.2, 0.25) is 0 Å². The van der Waals surface area contributed by atoms with E-state index in [4.69, 9.17) is 5.73 Å². The Morgan fingerprint density at radius 1 is 1.12 bits per heavy atom. The molecule has 0 unspecified atom stereocenters. The SMILES string of the molecule is CCC(CC)N(CCN)S(=O)(=O)CS(C)(=O)=O. The Balaban J connectivity index is 5.17. The van der Waals surface area contributed by atoms with E-state index < -0.39 is 24.9 Å². The summed E-state index contributed by atoms with van der Waals surface area (Å²) < 4.78 is 47.4. The first-order chi connectivity index (χ1) is 7.68. The van der Waals surface area contributed by atoms with Gasteiger partial charge in [-0.15, -0.1) is 0 Å². The monoisotopic (exact) mass is 286 g/mol. The lowest BCUT2D eigenvalue weighted by molar-refractivity contribution is 0.311. The van der Waals surface area contributed by atoms with Crippen LogP contribution in [-0.2, 0) is 19.9 Å². The normalized spacial score (nSPS) is 13.5. The van der Waals surface area contributed by atoms with Gasteiger partial charge in [-0.2, -0.15) is 4.31 Å². The zero-order valence-corrected chi connectivity index (χ0v) is 12.2. The third-order valence-electron chi connectivity index (χ3n) is 2.42. The molecular weight excluding hydrogens is 264 g/mol. The number of rotatable bonds is 8. The van der Waals surface area contributed by atoms with Crippen LogP contribution in [0.5, 0.6) is 0 Å². The van der Waals surface area contributed by atoms with Gasteiger partial charge in [-0.25, -0.2) is 16.8 Å². The van der Waals surface area contributed by atoms with Crippen molar-refractivity contribution in [3.63, 3.8) is 0 Å². The Hall–Kier alpha value is -0.180. The summed E-state index contributed by atoms with van der Waals surface area (Å²) in [4.78, 5) is 0. The minimum atomic E-state index is -3.80. The van der Waals surface area contributed by atoms with Crippen LogP contribution in [-0.4, -0.2) is 51.6 Å². The van der Waals surface area contributed by atoms with Gasteiger partial charge in [0.1, 0.15) is 0 Å². The Morgan fingerprint density at radius 3 is 1.88 bits per heavy atom. The molecule has 0 aromatic heterocycles. The Bertz CT molecular complexity index is 412. The zero-order chi connectivity index (χ0) is 13.7. The van der Waals surface area contributed by atoms with Crippen LogP contribution in [0.1, 0.15) is 26.7 Å². The fraction of sp³-hybridized carbons (Fsp3) is 1.00. The molecule has 0 atom stereocenters. The summed E-state index contributed by atoms with van der Waals surface area (Å²) in [6, 6.07) is -0.190. The van der Waals surface area contributed by atoms with Gasteiger partial charge in [0.25, 0.3) is 0 Å². The molecule has 6 nitrogen and oxygen atoms in total. The standard InChI is InChI=1S/C9H22N2O4S2/c1-4-9(5-2)11(7-6-10)17(14,15)8-16(3,12)13/h9H,4-8,10H2,1-3H3. The van der Waals surface area contributed by atoms with E-state index in [1.807, 2.05) is 13.8 Å². The maximum absolute atomic E-state index is 12.0. The maximum Gasteiger partial charge on any atom is 0.228 e. The Kier molecular flexibility index (Phi) is 6.60. The van der Waals surface area contributed by atoms with Crippen molar-refractivity contribution in [2.45, 2.75) is 32.7 Å². The second kappa shape index (κ2) is 6.67. The average molecular weight is 286 g/mol. The maximum atomic E-state index is 12.0. The summed E-state index contributed by atoms with van der Waals surface area (Å²) in [5.74, 6) is 0. The van der Waals surface area contributed by atoms with Crippen LogP contribution < -0.4 is 5.73 Å². The summed E-state index contributed by atoms with van der Waals surface area (Å²) in [7, 11) is -7.37. The fourth-order valence-electron chi connectivity index (χ4n) is 1.71. The average Bonchev–Trinajstić information content (AvgIpc) is 2.14. The first-order valence-corrected chi connectivity index (χ1v) is 9.22. The summed E-state index contributed by atoms with van der Waals surface area (Å²) >= 11 is 0. The van der Waals surface area contributed by atoms with Crippen molar-refractivity contribution < 1.29 is 16.8 Å². The molecule has 8 heteroatoms. The molecule has 0 radical (unpaired) electrons. The van der Waals surface area contributed by atoms with E-state index >= 15 is 0 Å². The summed E-state index contributed by atoms with van der Waals surface area (Å²) in [6.07, 6.45) is 2.19. The van der Waals surface area contributed by atoms with Gasteiger partial charge in [0.15, 0.2) is 14.9 Å². The highest BCUT2D eigenvalue weighted by molar-refractivity contribution is 8.06. The smallest absolute Gasteiger partial charge is 0.228 e. The molecule has 0 spiro atoms. The van der Waals surface area contributed by atoms with Gasteiger partial charge in [0.2, 0.25) is 10.0 Å². The molecule has 0 aromatic rings. The lowest BCUT2D eigenvalue weighted by Gasteiger charge is -2.28. The quantitative estimate of drug-likeness (QED) is 0.664. The van der Waals surface area contributed by atoms with Crippen LogP contribution in [0.15, 0.2) is 0 Å². The largest absolute Gasteiger partial charge is 0.329 e. The van der Waals surface area contributed by atoms with Crippen molar-refractivity contribution in [3.8, 4) is 0 Å². The predicted octanol–water partition coefficient (Wildman–Crippen LogP) is -0.232. The van der Waals surface area contributed by atoms with Gasteiger partial charge in [0, 0.05) is 25.4 Å². The molecule has 0 rings (SSSR count). The highest BCUT2D eigenvalue weighted by atomic mass is 32.3. The van der Waals surface area contributed by atoms with Gasteiger partial charge in [-0.1, -0.05) is 13.8 Å². The van der Waals surface area contributed by atoms with Crippen molar-refractivity contribution in [2.24, 2.45) is 5.73 Å². The third kappa shape index (κ3) is 5.80.